The maximum atomic E-state index is 12.4. The van der Waals surface area contributed by atoms with Gasteiger partial charge in [0.1, 0.15) is 18.5 Å². The Hall–Kier alpha value is -1.84. The minimum Gasteiger partial charge on any atom is -0.490 e. The summed E-state index contributed by atoms with van der Waals surface area (Å²) in [6.45, 7) is 0.0759. The SMILES string of the molecule is O=C(CCc1ccccc1)c1ccccc1OC[C@@H](O)CCl. The zero-order valence-electron chi connectivity index (χ0n) is 12.2. The quantitative estimate of drug-likeness (QED) is 0.599. The van der Waals surface area contributed by atoms with Crippen LogP contribution in [0.4, 0.5) is 0 Å². The number of para-hydroxylation sites is 1. The van der Waals surface area contributed by atoms with Gasteiger partial charge in [0.2, 0.25) is 0 Å². The fourth-order valence-electron chi connectivity index (χ4n) is 2.09. The molecule has 0 fully saturated rings. The highest BCUT2D eigenvalue weighted by Crippen LogP contribution is 2.21. The first-order chi connectivity index (χ1) is 10.7. The van der Waals surface area contributed by atoms with E-state index in [1.807, 2.05) is 30.3 Å². The maximum absolute atomic E-state index is 12.4. The first-order valence-electron chi connectivity index (χ1n) is 7.23. The number of halogens is 1. The van der Waals surface area contributed by atoms with Gasteiger partial charge in [0.25, 0.3) is 0 Å². The Morgan fingerprint density at radius 1 is 1.09 bits per heavy atom. The third-order valence-electron chi connectivity index (χ3n) is 3.28. The van der Waals surface area contributed by atoms with Gasteiger partial charge in [-0.05, 0) is 24.1 Å². The second kappa shape index (κ2) is 8.57. The van der Waals surface area contributed by atoms with Crippen molar-refractivity contribution < 1.29 is 14.6 Å². The number of benzene rings is 2. The number of aryl methyl sites for hydroxylation is 1. The molecular weight excluding hydrogens is 300 g/mol. The van der Waals surface area contributed by atoms with Crippen molar-refractivity contribution >= 4 is 17.4 Å². The van der Waals surface area contributed by atoms with Crippen molar-refractivity contribution in [2.24, 2.45) is 0 Å². The summed E-state index contributed by atoms with van der Waals surface area (Å²) in [5.41, 5.74) is 1.67. The average molecular weight is 319 g/mol. The van der Waals surface area contributed by atoms with E-state index in [-0.39, 0.29) is 18.3 Å². The molecule has 4 heteroatoms. The fourth-order valence-corrected chi connectivity index (χ4v) is 2.18. The Bertz CT molecular complexity index is 598. The van der Waals surface area contributed by atoms with E-state index in [0.717, 1.165) is 5.56 Å². The number of aliphatic hydroxyl groups excluding tert-OH is 1. The van der Waals surface area contributed by atoms with Crippen LogP contribution in [0.25, 0.3) is 0 Å². The normalized spacial score (nSPS) is 11.9. The van der Waals surface area contributed by atoms with Crippen LogP contribution in [0.1, 0.15) is 22.3 Å². The van der Waals surface area contributed by atoms with Gasteiger partial charge in [0, 0.05) is 6.42 Å². The van der Waals surface area contributed by atoms with E-state index < -0.39 is 6.10 Å². The predicted octanol–water partition coefficient (Wildman–Crippen LogP) is 3.48. The lowest BCUT2D eigenvalue weighted by Crippen LogP contribution is -2.19. The number of rotatable bonds is 8. The van der Waals surface area contributed by atoms with Crippen LogP contribution < -0.4 is 4.74 Å². The van der Waals surface area contributed by atoms with Crippen LogP contribution in [0.15, 0.2) is 54.6 Å². The molecule has 0 aromatic heterocycles. The predicted molar refractivity (Wildman–Crippen MR) is 87.8 cm³/mol. The molecule has 0 amide bonds. The Kier molecular flexibility index (Phi) is 6.44. The first-order valence-corrected chi connectivity index (χ1v) is 7.77. The van der Waals surface area contributed by atoms with Crippen LogP contribution in [0.3, 0.4) is 0 Å². The minimum atomic E-state index is -0.742. The summed E-state index contributed by atoms with van der Waals surface area (Å²) in [6, 6.07) is 17.0. The number of carbonyl (C=O) groups excluding carboxylic acids is 1. The summed E-state index contributed by atoms with van der Waals surface area (Å²) in [5, 5.41) is 9.46. The van der Waals surface area contributed by atoms with Crippen molar-refractivity contribution in [3.8, 4) is 5.75 Å². The van der Waals surface area contributed by atoms with Crippen molar-refractivity contribution in [3.63, 3.8) is 0 Å². The van der Waals surface area contributed by atoms with Crippen LogP contribution in [-0.2, 0) is 6.42 Å². The minimum absolute atomic E-state index is 0.0276. The topological polar surface area (TPSA) is 46.5 Å². The van der Waals surface area contributed by atoms with E-state index in [1.165, 1.54) is 0 Å². The van der Waals surface area contributed by atoms with Gasteiger partial charge in [0.05, 0.1) is 11.4 Å². The summed E-state index contributed by atoms with van der Waals surface area (Å²) < 4.78 is 5.51. The maximum Gasteiger partial charge on any atom is 0.166 e. The van der Waals surface area contributed by atoms with Crippen molar-refractivity contribution in [2.75, 3.05) is 12.5 Å². The van der Waals surface area contributed by atoms with Crippen LogP contribution >= 0.6 is 11.6 Å². The summed E-state index contributed by atoms with van der Waals surface area (Å²) >= 11 is 5.54. The van der Waals surface area contributed by atoms with Gasteiger partial charge in [0.15, 0.2) is 5.78 Å². The lowest BCUT2D eigenvalue weighted by Gasteiger charge is -2.13. The monoisotopic (exact) mass is 318 g/mol. The lowest BCUT2D eigenvalue weighted by atomic mass is 10.0. The molecule has 0 unspecified atom stereocenters. The second-order valence-corrected chi connectivity index (χ2v) is 5.33. The second-order valence-electron chi connectivity index (χ2n) is 5.02. The summed E-state index contributed by atoms with van der Waals surface area (Å²) in [7, 11) is 0. The third-order valence-corrected chi connectivity index (χ3v) is 3.64. The number of ketones is 1. The van der Waals surface area contributed by atoms with E-state index in [2.05, 4.69) is 0 Å². The molecule has 0 aliphatic heterocycles. The van der Waals surface area contributed by atoms with Crippen molar-refractivity contribution in [3.05, 3.63) is 65.7 Å². The highest BCUT2D eigenvalue weighted by molar-refractivity contribution is 6.18. The Morgan fingerprint density at radius 3 is 2.50 bits per heavy atom. The molecule has 0 heterocycles. The van der Waals surface area contributed by atoms with Gasteiger partial charge in [-0.25, -0.2) is 0 Å². The Labute approximate surface area is 135 Å². The fraction of sp³-hybridized carbons (Fsp3) is 0.278. The molecule has 0 radical (unpaired) electrons. The summed E-state index contributed by atoms with van der Waals surface area (Å²) in [4.78, 5) is 12.4. The highest BCUT2D eigenvalue weighted by Gasteiger charge is 2.13. The number of hydrogen-bond donors (Lipinski definition) is 1. The standard InChI is InChI=1S/C18H19ClO3/c19-12-15(20)13-22-18-9-5-4-8-16(18)17(21)11-10-14-6-2-1-3-7-14/h1-9,15,20H,10-13H2/t15-/m0/s1. The third kappa shape index (κ3) is 4.86. The van der Waals surface area contributed by atoms with Gasteiger partial charge in [-0.3, -0.25) is 4.79 Å². The molecular formula is C18H19ClO3. The molecule has 1 N–H and O–H groups in total. The molecule has 22 heavy (non-hydrogen) atoms. The Balaban J connectivity index is 1.99. The summed E-state index contributed by atoms with van der Waals surface area (Å²) in [6.07, 6.45) is 0.370. The van der Waals surface area contributed by atoms with Gasteiger partial charge in [-0.15, -0.1) is 11.6 Å². The van der Waals surface area contributed by atoms with Crippen LogP contribution in [-0.4, -0.2) is 29.5 Å². The van der Waals surface area contributed by atoms with E-state index >= 15 is 0 Å². The van der Waals surface area contributed by atoms with Crippen LogP contribution in [0, 0.1) is 0 Å². The number of ether oxygens (including phenoxy) is 1. The highest BCUT2D eigenvalue weighted by atomic mass is 35.5. The number of Topliss-reactive ketones (excluding diaryl/α,β-unsaturated/α-hetero) is 1. The van der Waals surface area contributed by atoms with Gasteiger partial charge >= 0.3 is 0 Å². The zero-order valence-corrected chi connectivity index (χ0v) is 13.0. The molecule has 0 saturated heterocycles. The van der Waals surface area contributed by atoms with Crippen molar-refractivity contribution in [1.82, 2.24) is 0 Å². The molecule has 2 aromatic rings. The molecule has 0 aliphatic rings. The van der Waals surface area contributed by atoms with Gasteiger partial charge in [-0.1, -0.05) is 42.5 Å². The molecule has 2 rings (SSSR count). The van der Waals surface area contributed by atoms with E-state index in [4.69, 9.17) is 16.3 Å². The molecule has 1 atom stereocenters. The van der Waals surface area contributed by atoms with Crippen molar-refractivity contribution in [2.45, 2.75) is 18.9 Å². The van der Waals surface area contributed by atoms with Crippen LogP contribution in [0.2, 0.25) is 0 Å². The molecule has 3 nitrogen and oxygen atoms in total. The van der Waals surface area contributed by atoms with E-state index in [1.54, 1.807) is 24.3 Å². The van der Waals surface area contributed by atoms with Gasteiger partial charge in [-0.2, -0.15) is 0 Å². The number of aliphatic hydroxyl groups is 1. The largest absolute Gasteiger partial charge is 0.490 e. The van der Waals surface area contributed by atoms with Gasteiger partial charge < -0.3 is 9.84 Å². The smallest absolute Gasteiger partial charge is 0.166 e. The summed E-state index contributed by atoms with van der Waals surface area (Å²) in [5.74, 6) is 0.619. The molecule has 0 spiro atoms. The number of hydrogen-bond acceptors (Lipinski definition) is 3. The zero-order chi connectivity index (χ0) is 15.8. The molecule has 116 valence electrons. The average Bonchev–Trinajstić information content (AvgIpc) is 2.58. The van der Waals surface area contributed by atoms with Crippen LogP contribution in [0.5, 0.6) is 5.75 Å². The lowest BCUT2D eigenvalue weighted by molar-refractivity contribution is 0.0968. The number of alkyl halides is 1. The van der Waals surface area contributed by atoms with E-state index in [9.17, 15) is 9.90 Å². The number of carbonyl (C=O) groups is 1. The molecule has 0 bridgehead atoms. The van der Waals surface area contributed by atoms with E-state index in [0.29, 0.717) is 24.2 Å². The molecule has 0 saturated carbocycles. The van der Waals surface area contributed by atoms with Crippen molar-refractivity contribution in [1.29, 1.82) is 0 Å². The molecule has 0 aliphatic carbocycles. The molecule has 2 aromatic carbocycles. The first kappa shape index (κ1) is 16.5. The Morgan fingerprint density at radius 2 is 1.77 bits per heavy atom.